The number of methoxy groups -OCH3 is 1. The summed E-state index contributed by atoms with van der Waals surface area (Å²) in [4.78, 5) is 105. The normalized spacial score (nSPS) is 13.7. The van der Waals surface area contributed by atoms with Gasteiger partial charge < -0.3 is 145 Å². The third kappa shape index (κ3) is 61.9. The third-order valence-electron chi connectivity index (χ3n) is 12.0. The summed E-state index contributed by atoms with van der Waals surface area (Å²) >= 11 is 0. The van der Waals surface area contributed by atoms with Crippen LogP contribution in [0.15, 0.2) is 12.2 Å². The lowest BCUT2D eigenvalue weighted by Crippen LogP contribution is -2.53. The van der Waals surface area contributed by atoms with Crippen LogP contribution in [-0.4, -0.2) is 293 Å². The highest BCUT2D eigenvalue weighted by atomic mass is 33.1. The van der Waals surface area contributed by atoms with Crippen LogP contribution in [0.1, 0.15) is 92.9 Å². The van der Waals surface area contributed by atoms with E-state index >= 15 is 0 Å². The second-order valence-corrected chi connectivity index (χ2v) is 29.6. The first kappa shape index (κ1) is 99.5. The van der Waals surface area contributed by atoms with Gasteiger partial charge >= 0.3 is 5.97 Å². The number of carbonyl (C=O) groups is 8. The van der Waals surface area contributed by atoms with Crippen molar-refractivity contribution in [2.45, 2.75) is 114 Å². The maximum Gasteiger partial charge on any atom is 0.305 e. The van der Waals surface area contributed by atoms with Gasteiger partial charge in [-0.1, -0.05) is 84.7 Å². The Morgan fingerprint density at radius 2 is 0.800 bits per heavy atom. The van der Waals surface area contributed by atoms with E-state index in [0.717, 1.165) is 17.1 Å². The van der Waals surface area contributed by atoms with Crippen LogP contribution in [0.4, 0.5) is 0 Å². The van der Waals surface area contributed by atoms with Crippen LogP contribution in [0, 0.1) is 11.8 Å². The zero-order valence-corrected chi connectivity index (χ0v) is 64.4. The minimum atomic E-state index is -1.23. The van der Waals surface area contributed by atoms with Crippen LogP contribution in [0.5, 0.6) is 0 Å². The number of unbranched alkanes of at least 4 members (excludes halogenated alkanes) is 1. The highest BCUT2D eigenvalue weighted by Gasteiger charge is 2.35. The molecule has 43 heteroatoms. The quantitative estimate of drug-likeness (QED) is 0.0253. The standard InChI is InChI=1S/C62H111N5O34S4/c1-61(2,3)104-102-24-49(59(75)66-52(12-8-9-16-64-60(76)53(23-63)67-55(70)13-14-56(67)71)54(69)22-50(25-103-105-62(4,5)6)58(74)65-17-20-78-19-15-57(72)73)21-51(68)11-10-18-79-27-81-29-83-31-85-33-87-35-89-37-91-39-93-41-95-43-97-45-99-47-101-48-100-46-98-44-96-42-94-40-92-38-90-36-88-34-86-32-84-30-82-28-80-26-77-7/h13-14,49-50,52-53H,8-12,15-48,63H2,1-7H3,(H,64,76)(H,65,74)(H,66,75)(H,72,73)/t49-,50-,52-,53-/m0/s1. The Kier molecular flexibility index (Phi) is 64.9. The summed E-state index contributed by atoms with van der Waals surface area (Å²) in [6, 6.07) is -2.32. The highest BCUT2D eigenvalue weighted by Crippen LogP contribution is 2.38. The maximum atomic E-state index is 14.4. The van der Waals surface area contributed by atoms with E-state index < -0.39 is 65.2 Å². The van der Waals surface area contributed by atoms with Gasteiger partial charge in [0.2, 0.25) is 17.7 Å². The molecule has 1 heterocycles. The summed E-state index contributed by atoms with van der Waals surface area (Å²) < 4.78 is 128. The van der Waals surface area contributed by atoms with Crippen molar-refractivity contribution in [2.75, 3.05) is 214 Å². The average Bonchev–Trinajstić information content (AvgIpc) is 1.78. The van der Waals surface area contributed by atoms with E-state index in [0.29, 0.717) is 19.3 Å². The number of nitrogens with zero attached hydrogens (tertiary/aromatic N) is 1. The Bertz CT molecular complexity index is 2260. The van der Waals surface area contributed by atoms with Crippen molar-refractivity contribution in [1.29, 1.82) is 0 Å². The van der Waals surface area contributed by atoms with Crippen molar-refractivity contribution in [3.8, 4) is 0 Å². The van der Waals surface area contributed by atoms with Crippen molar-refractivity contribution in [2.24, 2.45) is 17.6 Å². The molecule has 0 aromatic rings. The van der Waals surface area contributed by atoms with Crippen LogP contribution < -0.4 is 21.7 Å². The van der Waals surface area contributed by atoms with Gasteiger partial charge in [0.25, 0.3) is 11.8 Å². The molecule has 1 aliphatic heterocycles. The fraction of sp³-hybridized carbons (Fsp3) is 0.839. The van der Waals surface area contributed by atoms with Crippen LogP contribution in [-0.2, 0) is 157 Å². The number of imide groups is 1. The fourth-order valence-electron chi connectivity index (χ4n) is 7.47. The Balaban J connectivity index is 2.31. The third-order valence-corrected chi connectivity index (χ3v) is 18.9. The summed E-state index contributed by atoms with van der Waals surface area (Å²) in [5.41, 5.74) is 5.78. The molecule has 0 saturated carbocycles. The minimum absolute atomic E-state index is 0.00968. The molecule has 0 aromatic carbocycles. The number of carboxylic acids is 1. The Morgan fingerprint density at radius 1 is 0.438 bits per heavy atom. The van der Waals surface area contributed by atoms with Gasteiger partial charge in [0.15, 0.2) is 148 Å². The predicted octanol–water partition coefficient (Wildman–Crippen LogP) is 2.96. The summed E-state index contributed by atoms with van der Waals surface area (Å²) in [5, 5.41) is 17.3. The van der Waals surface area contributed by atoms with E-state index in [1.165, 1.54) is 39.5 Å². The van der Waals surface area contributed by atoms with Crippen molar-refractivity contribution >= 4 is 90.2 Å². The molecule has 6 N–H and O–H groups in total. The van der Waals surface area contributed by atoms with Crippen LogP contribution in [0.3, 0.4) is 0 Å². The number of carbonyl (C=O) groups excluding carboxylic acids is 7. The van der Waals surface area contributed by atoms with Crippen LogP contribution >= 0.6 is 43.2 Å². The molecule has 0 unspecified atom stereocenters. The van der Waals surface area contributed by atoms with Gasteiger partial charge in [-0.15, -0.1) is 0 Å². The lowest BCUT2D eigenvalue weighted by molar-refractivity contribution is -0.242. The molecule has 1 aliphatic rings. The largest absolute Gasteiger partial charge is 0.481 e. The molecule has 0 aliphatic carbocycles. The lowest BCUT2D eigenvalue weighted by atomic mass is 9.94. The molecule has 1 rings (SSSR count). The van der Waals surface area contributed by atoms with Crippen molar-refractivity contribution in [1.82, 2.24) is 20.9 Å². The highest BCUT2D eigenvalue weighted by molar-refractivity contribution is 8.77. The van der Waals surface area contributed by atoms with Crippen LogP contribution in [0.2, 0.25) is 0 Å². The predicted molar refractivity (Wildman–Crippen MR) is 373 cm³/mol. The number of nitrogens with one attached hydrogen (secondary N) is 3. The number of ether oxygens (including phenoxy) is 25. The molecule has 0 saturated heterocycles. The number of ketones is 2. The summed E-state index contributed by atoms with van der Waals surface area (Å²) in [5.74, 6) is -5.72. The Hall–Kier alpha value is -3.54. The molecule has 0 fully saturated rings. The summed E-state index contributed by atoms with van der Waals surface area (Å²) in [6.45, 7) is 9.99. The first-order valence-corrected chi connectivity index (χ1v) is 37.7. The number of hydrogen-bond donors (Lipinski definition) is 5. The smallest absolute Gasteiger partial charge is 0.305 e. The van der Waals surface area contributed by atoms with E-state index in [4.69, 9.17) is 129 Å². The number of hydrogen-bond acceptors (Lipinski definition) is 38. The fourth-order valence-corrected chi connectivity index (χ4v) is 12.7. The first-order chi connectivity index (χ1) is 50.7. The Labute approximate surface area is 628 Å². The number of nitrogens with two attached hydrogens (primary N) is 1. The molecular weight excluding hydrogens is 1490 g/mol. The van der Waals surface area contributed by atoms with E-state index in [1.807, 2.05) is 41.5 Å². The second-order valence-electron chi connectivity index (χ2n) is 23.3. The molecule has 0 spiro atoms. The number of carboxylic acid groups (broad SMARTS) is 1. The van der Waals surface area contributed by atoms with E-state index in [9.17, 15) is 38.4 Å². The molecule has 0 aromatic heterocycles. The number of Topliss-reactive ketones (excluding diaryl/α,β-unsaturated/α-hetero) is 2. The van der Waals surface area contributed by atoms with Gasteiger partial charge in [-0.2, -0.15) is 0 Å². The monoisotopic (exact) mass is 1600 g/mol. The molecule has 612 valence electrons. The zero-order valence-electron chi connectivity index (χ0n) is 61.1. The van der Waals surface area contributed by atoms with Gasteiger partial charge in [-0.3, -0.25) is 43.3 Å². The molecule has 105 heavy (non-hydrogen) atoms. The van der Waals surface area contributed by atoms with E-state index in [2.05, 4.69) is 16.0 Å². The SMILES string of the molecule is COCOCOCOCOCOCOCOCOCOCOCOCOCOCOCOCOCOCOCOCOCOCOCOCCCC(=O)C[C@@H](CSSC(C)(C)C)C(=O)N[C@@H](CCCCNC(=O)[C@H](CN)N1C(=O)C=CC1=O)C(=O)C[C@@H](CSSC(C)(C)C)C(=O)NCCOCCC(=O)O. The summed E-state index contributed by atoms with van der Waals surface area (Å²) in [6.07, 6.45) is 2.67. The number of aliphatic carboxylic acids is 1. The first-order valence-electron chi connectivity index (χ1n) is 33.0. The average molecular weight is 1600 g/mol. The topological polar surface area (TPSA) is 453 Å². The van der Waals surface area contributed by atoms with E-state index in [1.54, 1.807) is 10.8 Å². The number of amides is 5. The molecule has 0 radical (unpaired) electrons. The van der Waals surface area contributed by atoms with Gasteiger partial charge in [0.1, 0.15) is 25.4 Å². The van der Waals surface area contributed by atoms with Crippen LogP contribution in [0.25, 0.3) is 0 Å². The second kappa shape index (κ2) is 68.5. The van der Waals surface area contributed by atoms with Gasteiger partial charge in [-0.05, 0) is 25.7 Å². The lowest BCUT2D eigenvalue weighted by Gasteiger charge is -2.25. The maximum absolute atomic E-state index is 14.4. The number of rotatable bonds is 78. The van der Waals surface area contributed by atoms with Crippen molar-refractivity contribution in [3.63, 3.8) is 0 Å². The van der Waals surface area contributed by atoms with Crippen molar-refractivity contribution < 1.29 is 162 Å². The minimum Gasteiger partial charge on any atom is -0.481 e. The molecule has 4 atom stereocenters. The van der Waals surface area contributed by atoms with Crippen molar-refractivity contribution in [3.05, 3.63) is 12.2 Å². The van der Waals surface area contributed by atoms with E-state index in [-0.39, 0.29) is 255 Å². The Morgan fingerprint density at radius 3 is 1.16 bits per heavy atom. The van der Waals surface area contributed by atoms with Gasteiger partial charge in [0, 0.05) is 85.8 Å². The molecule has 39 nitrogen and oxygen atoms in total. The zero-order chi connectivity index (χ0) is 77.1. The molecular formula is C62H111N5O34S4. The van der Waals surface area contributed by atoms with Gasteiger partial charge in [0.05, 0.1) is 37.5 Å². The summed E-state index contributed by atoms with van der Waals surface area (Å²) in [7, 11) is 7.44. The van der Waals surface area contributed by atoms with Gasteiger partial charge in [-0.25, -0.2) is 0 Å². The molecule has 5 amide bonds. The molecule has 0 bridgehead atoms.